The Morgan fingerprint density at radius 1 is 1.38 bits per heavy atom. The molecule has 1 aromatic rings. The van der Waals surface area contributed by atoms with E-state index in [4.69, 9.17) is 11.2 Å². The maximum absolute atomic E-state index is 11.5. The molecule has 0 aliphatic rings. The Morgan fingerprint density at radius 2 is 2.12 bits per heavy atom. The summed E-state index contributed by atoms with van der Waals surface area (Å²) in [5.74, 6) is 3.74. The Kier molecular flexibility index (Phi) is 11.5. The van der Waals surface area contributed by atoms with Crippen molar-refractivity contribution in [1.29, 1.82) is 0 Å². The highest BCUT2D eigenvalue weighted by molar-refractivity contribution is 14.0. The molecule has 0 unspecified atom stereocenters. The number of carbonyl (C=O) groups is 1. The monoisotopic (exact) mass is 444 g/mol. The molecule has 6 nitrogen and oxygen atoms in total. The number of aliphatic imine (C=N–C) groups is 1. The van der Waals surface area contributed by atoms with Crippen molar-refractivity contribution in [3.8, 4) is 18.1 Å². The Bertz CT molecular complexity index is 582. The minimum absolute atomic E-state index is 0. The summed E-state index contributed by atoms with van der Waals surface area (Å²) in [5, 5.41) is 6.15. The maximum Gasteiger partial charge on any atom is 0.259 e. The second-order valence-corrected chi connectivity index (χ2v) is 4.98. The second kappa shape index (κ2) is 12.5. The van der Waals surface area contributed by atoms with Gasteiger partial charge >= 0.3 is 0 Å². The molecule has 0 atom stereocenters. The van der Waals surface area contributed by atoms with Crippen molar-refractivity contribution in [2.24, 2.45) is 4.99 Å². The van der Waals surface area contributed by atoms with E-state index >= 15 is 0 Å². The van der Waals surface area contributed by atoms with E-state index in [2.05, 4.69) is 21.5 Å². The molecule has 1 aromatic carbocycles. The summed E-state index contributed by atoms with van der Waals surface area (Å²) >= 11 is 0. The topological polar surface area (TPSA) is 66.0 Å². The van der Waals surface area contributed by atoms with Gasteiger partial charge in [-0.05, 0) is 24.6 Å². The fraction of sp³-hybridized carbons (Fsp3) is 0.412. The lowest BCUT2D eigenvalue weighted by Crippen LogP contribution is -2.37. The van der Waals surface area contributed by atoms with Crippen LogP contribution in [0.4, 0.5) is 0 Å². The summed E-state index contributed by atoms with van der Waals surface area (Å²) < 4.78 is 5.49. The number of halogens is 1. The Hall–Kier alpha value is -1.95. The lowest BCUT2D eigenvalue weighted by Gasteiger charge is -2.12. The summed E-state index contributed by atoms with van der Waals surface area (Å²) in [6.45, 7) is 3.67. The Morgan fingerprint density at radius 3 is 2.75 bits per heavy atom. The van der Waals surface area contributed by atoms with Gasteiger partial charge in [-0.2, -0.15) is 0 Å². The molecule has 0 fully saturated rings. The number of rotatable bonds is 7. The van der Waals surface area contributed by atoms with Crippen molar-refractivity contribution >= 4 is 35.8 Å². The number of hydrogen-bond acceptors (Lipinski definition) is 3. The zero-order valence-electron chi connectivity index (χ0n) is 14.3. The molecule has 24 heavy (non-hydrogen) atoms. The quantitative estimate of drug-likeness (QED) is 0.289. The van der Waals surface area contributed by atoms with Crippen molar-refractivity contribution in [1.82, 2.24) is 15.5 Å². The first-order chi connectivity index (χ1) is 11.1. The molecule has 0 bridgehead atoms. The van der Waals surface area contributed by atoms with Crippen LogP contribution in [0.2, 0.25) is 0 Å². The average molecular weight is 444 g/mol. The molecule has 1 amide bonds. The molecule has 0 spiro atoms. The number of likely N-dealkylation sites (N-methyl/N-ethyl adjacent to an activating group) is 1. The summed E-state index contributed by atoms with van der Waals surface area (Å²) in [6, 6.07) is 7.52. The molecule has 132 valence electrons. The van der Waals surface area contributed by atoms with Gasteiger partial charge in [-0.3, -0.25) is 4.79 Å². The van der Waals surface area contributed by atoms with Gasteiger partial charge in [0, 0.05) is 20.6 Å². The molecule has 1 rings (SSSR count). The fourth-order valence-corrected chi connectivity index (χ4v) is 1.65. The normalized spacial score (nSPS) is 10.2. The fourth-order valence-electron chi connectivity index (χ4n) is 1.65. The molecule has 0 aliphatic heterocycles. The van der Waals surface area contributed by atoms with E-state index in [1.807, 2.05) is 31.2 Å². The number of amides is 1. The number of nitrogens with zero attached hydrogens (tertiary/aromatic N) is 2. The first-order valence-electron chi connectivity index (χ1n) is 7.44. The third-order valence-corrected chi connectivity index (χ3v) is 2.88. The third kappa shape index (κ3) is 8.62. The van der Waals surface area contributed by atoms with Gasteiger partial charge in [-0.25, -0.2) is 4.99 Å². The molecule has 0 heterocycles. The maximum atomic E-state index is 11.5. The molecule has 0 saturated heterocycles. The Balaban J connectivity index is 0.00000529. The molecular formula is C17H25IN4O2. The largest absolute Gasteiger partial charge is 0.484 e. The van der Waals surface area contributed by atoms with Crippen molar-refractivity contribution in [2.45, 2.75) is 13.5 Å². The summed E-state index contributed by atoms with van der Waals surface area (Å²) in [6.07, 6.45) is 5.24. The molecular weight excluding hydrogens is 419 g/mol. The number of nitrogens with one attached hydrogen (secondary N) is 2. The minimum Gasteiger partial charge on any atom is -0.484 e. The van der Waals surface area contributed by atoms with Crippen LogP contribution in [-0.2, 0) is 11.3 Å². The Labute approximate surface area is 161 Å². The van der Waals surface area contributed by atoms with Gasteiger partial charge in [0.1, 0.15) is 5.75 Å². The highest BCUT2D eigenvalue weighted by Crippen LogP contribution is 2.14. The smallest absolute Gasteiger partial charge is 0.259 e. The van der Waals surface area contributed by atoms with Gasteiger partial charge < -0.3 is 20.3 Å². The number of carbonyl (C=O) groups excluding carboxylic acids is 1. The van der Waals surface area contributed by atoms with Crippen molar-refractivity contribution in [3.63, 3.8) is 0 Å². The molecule has 0 saturated carbocycles. The summed E-state index contributed by atoms with van der Waals surface area (Å²) in [5.41, 5.74) is 0.984. The van der Waals surface area contributed by atoms with E-state index in [0.29, 0.717) is 24.8 Å². The van der Waals surface area contributed by atoms with E-state index in [0.717, 1.165) is 12.1 Å². The predicted octanol–water partition coefficient (Wildman–Crippen LogP) is 1.46. The first kappa shape index (κ1) is 22.1. The SMILES string of the molecule is C#CCNC(=NCc1cccc(OCC(=O)N(C)C)c1)NCC.I. The number of terminal acetylenes is 1. The van der Waals surface area contributed by atoms with Gasteiger partial charge in [-0.1, -0.05) is 18.1 Å². The number of ether oxygens (including phenoxy) is 1. The van der Waals surface area contributed by atoms with E-state index in [9.17, 15) is 4.79 Å². The first-order valence-corrected chi connectivity index (χ1v) is 7.44. The number of guanidine groups is 1. The van der Waals surface area contributed by atoms with Crippen molar-refractivity contribution in [3.05, 3.63) is 29.8 Å². The van der Waals surface area contributed by atoms with Gasteiger partial charge in [0.2, 0.25) is 0 Å². The van der Waals surface area contributed by atoms with Crippen LogP contribution in [0.3, 0.4) is 0 Å². The van der Waals surface area contributed by atoms with Gasteiger partial charge in [0.15, 0.2) is 12.6 Å². The highest BCUT2D eigenvalue weighted by Gasteiger charge is 2.05. The van der Waals surface area contributed by atoms with Crippen LogP contribution in [0.1, 0.15) is 12.5 Å². The molecule has 0 aliphatic carbocycles. The molecule has 0 radical (unpaired) electrons. The average Bonchev–Trinajstić information content (AvgIpc) is 2.55. The standard InChI is InChI=1S/C17H24N4O2.HI/c1-5-10-19-17(18-6-2)20-12-14-8-7-9-15(11-14)23-13-16(22)21(3)4;/h1,7-9,11H,6,10,12-13H2,2-4H3,(H2,18,19,20);1H. The van der Waals surface area contributed by atoms with Crippen LogP contribution in [0.5, 0.6) is 5.75 Å². The van der Waals surface area contributed by atoms with Gasteiger partial charge in [-0.15, -0.1) is 30.4 Å². The zero-order valence-corrected chi connectivity index (χ0v) is 16.7. The second-order valence-electron chi connectivity index (χ2n) is 4.98. The van der Waals surface area contributed by atoms with E-state index in [1.165, 1.54) is 4.90 Å². The van der Waals surface area contributed by atoms with Crippen LogP contribution in [0.25, 0.3) is 0 Å². The molecule has 0 aromatic heterocycles. The van der Waals surface area contributed by atoms with Crippen LogP contribution < -0.4 is 15.4 Å². The van der Waals surface area contributed by atoms with Crippen LogP contribution in [-0.4, -0.2) is 50.6 Å². The summed E-state index contributed by atoms with van der Waals surface area (Å²) in [7, 11) is 3.39. The van der Waals surface area contributed by atoms with Crippen molar-refractivity contribution < 1.29 is 9.53 Å². The van der Waals surface area contributed by atoms with E-state index in [-0.39, 0.29) is 36.5 Å². The van der Waals surface area contributed by atoms with Crippen LogP contribution >= 0.6 is 24.0 Å². The van der Waals surface area contributed by atoms with Gasteiger partial charge in [0.05, 0.1) is 13.1 Å². The van der Waals surface area contributed by atoms with Crippen molar-refractivity contribution in [2.75, 3.05) is 33.8 Å². The lowest BCUT2D eigenvalue weighted by molar-refractivity contribution is -0.130. The number of benzene rings is 1. The summed E-state index contributed by atoms with van der Waals surface area (Å²) in [4.78, 5) is 17.5. The molecule has 2 N–H and O–H groups in total. The van der Waals surface area contributed by atoms with E-state index < -0.39 is 0 Å². The van der Waals surface area contributed by atoms with Crippen LogP contribution in [0.15, 0.2) is 29.3 Å². The molecule has 7 heteroatoms. The lowest BCUT2D eigenvalue weighted by atomic mass is 10.2. The van der Waals surface area contributed by atoms with Gasteiger partial charge in [0.25, 0.3) is 5.91 Å². The predicted molar refractivity (Wildman–Crippen MR) is 108 cm³/mol. The van der Waals surface area contributed by atoms with Crippen LogP contribution in [0, 0.1) is 12.3 Å². The van der Waals surface area contributed by atoms with E-state index in [1.54, 1.807) is 14.1 Å². The number of hydrogen-bond donors (Lipinski definition) is 2. The minimum atomic E-state index is -0.0821. The highest BCUT2D eigenvalue weighted by atomic mass is 127. The third-order valence-electron chi connectivity index (χ3n) is 2.88. The zero-order chi connectivity index (χ0) is 17.1.